The highest BCUT2D eigenvalue weighted by molar-refractivity contribution is 7.90. The second-order valence-electron chi connectivity index (χ2n) is 9.00. The van der Waals surface area contributed by atoms with Crippen molar-refractivity contribution >= 4 is 27.5 Å². The summed E-state index contributed by atoms with van der Waals surface area (Å²) in [6, 6.07) is 16.6. The first-order valence-corrected chi connectivity index (χ1v) is 13.1. The molecule has 34 heavy (non-hydrogen) atoms. The van der Waals surface area contributed by atoms with Crippen molar-refractivity contribution < 1.29 is 13.2 Å². The third-order valence-corrected chi connectivity index (χ3v) is 8.18. The van der Waals surface area contributed by atoms with E-state index in [1.54, 1.807) is 18.2 Å². The van der Waals surface area contributed by atoms with E-state index in [2.05, 4.69) is 15.4 Å². The fourth-order valence-corrected chi connectivity index (χ4v) is 6.32. The number of fused-ring (bicyclic) bond motifs is 1. The van der Waals surface area contributed by atoms with Gasteiger partial charge in [-0.3, -0.25) is 4.79 Å². The number of likely N-dealkylation sites (tertiary alicyclic amines) is 1. The minimum absolute atomic E-state index is 0.140. The van der Waals surface area contributed by atoms with Crippen LogP contribution >= 0.6 is 0 Å². The predicted octanol–water partition coefficient (Wildman–Crippen LogP) is 2.46. The molecule has 176 valence electrons. The van der Waals surface area contributed by atoms with Crippen molar-refractivity contribution in [2.24, 2.45) is 10.3 Å². The van der Waals surface area contributed by atoms with Gasteiger partial charge in [-0.1, -0.05) is 12.1 Å². The van der Waals surface area contributed by atoms with Crippen molar-refractivity contribution in [1.29, 1.82) is 5.26 Å². The molecule has 8 nitrogen and oxygen atoms in total. The number of rotatable bonds is 2. The SMILES string of the molecule is N#Cc1ccc(N2CCCN(C(=O)C3CCCN(C4=NS(=O)(=O)c5ccccc54)C3)CC2)cc1. The van der Waals surface area contributed by atoms with Crippen molar-refractivity contribution in [3.63, 3.8) is 0 Å². The van der Waals surface area contributed by atoms with Crippen LogP contribution in [0.2, 0.25) is 0 Å². The summed E-state index contributed by atoms with van der Waals surface area (Å²) in [6.07, 6.45) is 2.50. The van der Waals surface area contributed by atoms with Gasteiger partial charge in [-0.15, -0.1) is 4.40 Å². The zero-order chi connectivity index (χ0) is 23.7. The number of carbonyl (C=O) groups is 1. The van der Waals surface area contributed by atoms with Crippen LogP contribution < -0.4 is 4.90 Å². The second kappa shape index (κ2) is 9.11. The molecule has 2 aromatic rings. The quantitative estimate of drug-likeness (QED) is 0.659. The Labute approximate surface area is 200 Å². The summed E-state index contributed by atoms with van der Waals surface area (Å²) >= 11 is 0. The Morgan fingerprint density at radius 2 is 1.71 bits per heavy atom. The standard InChI is InChI=1S/C25H27N5O3S/c26-17-19-8-10-21(11-9-19)28-13-4-14-29(16-15-28)25(31)20-5-3-12-30(18-20)24-22-6-1-2-7-23(22)34(32,33)27-24/h1-2,6-11,20H,3-5,12-16,18H2. The molecule has 0 aromatic heterocycles. The van der Waals surface area contributed by atoms with Crippen LogP contribution in [0.5, 0.6) is 0 Å². The van der Waals surface area contributed by atoms with Crippen LogP contribution in [-0.4, -0.2) is 69.2 Å². The lowest BCUT2D eigenvalue weighted by Crippen LogP contribution is -2.47. The van der Waals surface area contributed by atoms with E-state index in [0.29, 0.717) is 43.1 Å². The van der Waals surface area contributed by atoms with Gasteiger partial charge >= 0.3 is 0 Å². The highest BCUT2D eigenvalue weighted by Crippen LogP contribution is 2.30. The van der Waals surface area contributed by atoms with E-state index in [4.69, 9.17) is 5.26 Å². The molecule has 0 radical (unpaired) electrons. The minimum atomic E-state index is -3.68. The highest BCUT2D eigenvalue weighted by Gasteiger charge is 2.36. The lowest BCUT2D eigenvalue weighted by molar-refractivity contribution is -0.136. The van der Waals surface area contributed by atoms with Crippen LogP contribution in [-0.2, 0) is 14.8 Å². The summed E-state index contributed by atoms with van der Waals surface area (Å²) in [5.74, 6) is 0.436. The first kappa shape index (κ1) is 22.4. The van der Waals surface area contributed by atoms with Crippen molar-refractivity contribution in [1.82, 2.24) is 9.80 Å². The number of amidine groups is 1. The Bertz CT molecular complexity index is 1270. The van der Waals surface area contributed by atoms with Gasteiger partial charge in [0.2, 0.25) is 5.91 Å². The van der Waals surface area contributed by atoms with Crippen molar-refractivity contribution in [2.45, 2.75) is 24.2 Å². The summed E-state index contributed by atoms with van der Waals surface area (Å²) < 4.78 is 29.0. The molecule has 0 aliphatic carbocycles. The topological polar surface area (TPSA) is 97.1 Å². The number of sulfonamides is 1. The summed E-state index contributed by atoms with van der Waals surface area (Å²) in [6.45, 7) is 4.13. The lowest BCUT2D eigenvalue weighted by atomic mass is 9.95. The van der Waals surface area contributed by atoms with Crippen LogP contribution in [0.15, 0.2) is 57.8 Å². The number of anilines is 1. The van der Waals surface area contributed by atoms with Gasteiger partial charge in [-0.05, 0) is 55.7 Å². The molecule has 2 aromatic carbocycles. The Hall–Kier alpha value is -3.38. The summed E-state index contributed by atoms with van der Waals surface area (Å²) in [5.41, 5.74) is 2.33. The third-order valence-electron chi connectivity index (χ3n) is 6.85. The largest absolute Gasteiger partial charge is 0.370 e. The van der Waals surface area contributed by atoms with Crippen LogP contribution in [0.1, 0.15) is 30.4 Å². The Morgan fingerprint density at radius 1 is 0.941 bits per heavy atom. The number of benzene rings is 2. The number of carbonyl (C=O) groups excluding carboxylic acids is 1. The van der Waals surface area contributed by atoms with Gasteiger partial charge in [-0.25, -0.2) is 0 Å². The van der Waals surface area contributed by atoms with Gasteiger partial charge < -0.3 is 14.7 Å². The molecule has 2 fully saturated rings. The zero-order valence-corrected chi connectivity index (χ0v) is 19.7. The van der Waals surface area contributed by atoms with Gasteiger partial charge in [0.25, 0.3) is 10.0 Å². The minimum Gasteiger partial charge on any atom is -0.370 e. The second-order valence-corrected chi connectivity index (χ2v) is 10.6. The van der Waals surface area contributed by atoms with E-state index in [9.17, 15) is 13.2 Å². The first-order chi connectivity index (χ1) is 16.5. The van der Waals surface area contributed by atoms with Gasteiger partial charge in [0.15, 0.2) is 5.84 Å². The van der Waals surface area contributed by atoms with E-state index in [0.717, 1.165) is 38.0 Å². The maximum absolute atomic E-state index is 13.5. The predicted molar refractivity (Wildman–Crippen MR) is 129 cm³/mol. The average Bonchev–Trinajstić information content (AvgIpc) is 3.01. The van der Waals surface area contributed by atoms with Gasteiger partial charge in [0.1, 0.15) is 4.90 Å². The van der Waals surface area contributed by atoms with Crippen molar-refractivity contribution in [3.05, 3.63) is 59.7 Å². The van der Waals surface area contributed by atoms with Crippen molar-refractivity contribution in [2.75, 3.05) is 44.2 Å². The Balaban J connectivity index is 1.26. The molecular formula is C25H27N5O3S. The van der Waals surface area contributed by atoms with E-state index < -0.39 is 10.0 Å². The van der Waals surface area contributed by atoms with E-state index >= 15 is 0 Å². The van der Waals surface area contributed by atoms with Crippen LogP contribution in [0.3, 0.4) is 0 Å². The number of hydrogen-bond acceptors (Lipinski definition) is 6. The molecule has 5 rings (SSSR count). The molecule has 0 N–H and O–H groups in total. The number of piperidine rings is 1. The molecule has 1 atom stereocenters. The highest BCUT2D eigenvalue weighted by atomic mass is 32.2. The van der Waals surface area contributed by atoms with Crippen LogP contribution in [0, 0.1) is 17.2 Å². The normalized spacial score (nSPS) is 21.9. The zero-order valence-electron chi connectivity index (χ0n) is 18.9. The molecular weight excluding hydrogens is 450 g/mol. The molecule has 0 saturated carbocycles. The van der Waals surface area contributed by atoms with E-state index in [1.807, 2.05) is 40.1 Å². The average molecular weight is 478 g/mol. The maximum Gasteiger partial charge on any atom is 0.285 e. The van der Waals surface area contributed by atoms with E-state index in [1.165, 1.54) is 0 Å². The van der Waals surface area contributed by atoms with Gasteiger partial charge in [0, 0.05) is 50.5 Å². The molecule has 9 heteroatoms. The summed E-state index contributed by atoms with van der Waals surface area (Å²) in [4.78, 5) is 19.9. The Kier molecular flexibility index (Phi) is 6.00. The van der Waals surface area contributed by atoms with Gasteiger partial charge in [-0.2, -0.15) is 13.7 Å². The number of hydrogen-bond donors (Lipinski definition) is 0. The molecule has 0 bridgehead atoms. The molecule has 1 amide bonds. The van der Waals surface area contributed by atoms with Crippen LogP contribution in [0.4, 0.5) is 5.69 Å². The maximum atomic E-state index is 13.5. The number of nitrogens with zero attached hydrogens (tertiary/aromatic N) is 5. The molecule has 1 unspecified atom stereocenters. The monoisotopic (exact) mass is 477 g/mol. The lowest BCUT2D eigenvalue weighted by Gasteiger charge is -2.35. The summed E-state index contributed by atoms with van der Waals surface area (Å²) in [7, 11) is -3.68. The molecule has 2 saturated heterocycles. The smallest absolute Gasteiger partial charge is 0.285 e. The van der Waals surface area contributed by atoms with E-state index in [-0.39, 0.29) is 16.7 Å². The molecule has 3 heterocycles. The summed E-state index contributed by atoms with van der Waals surface area (Å²) in [5, 5.41) is 9.02. The Morgan fingerprint density at radius 3 is 2.50 bits per heavy atom. The fraction of sp³-hybridized carbons (Fsp3) is 0.400. The molecule has 0 spiro atoms. The number of nitriles is 1. The fourth-order valence-electron chi connectivity index (χ4n) is 5.09. The van der Waals surface area contributed by atoms with Crippen LogP contribution in [0.25, 0.3) is 0 Å². The van der Waals surface area contributed by atoms with Crippen molar-refractivity contribution in [3.8, 4) is 6.07 Å². The number of amides is 1. The first-order valence-electron chi connectivity index (χ1n) is 11.7. The van der Waals surface area contributed by atoms with Gasteiger partial charge in [0.05, 0.1) is 17.6 Å². The molecule has 3 aliphatic heterocycles. The third kappa shape index (κ3) is 4.26. The molecule has 3 aliphatic rings.